The Morgan fingerprint density at radius 2 is 2.14 bits per heavy atom. The van der Waals surface area contributed by atoms with Gasteiger partial charge in [-0.25, -0.2) is 0 Å². The number of hydrogen-bond acceptors (Lipinski definition) is 5. The van der Waals surface area contributed by atoms with Crippen molar-refractivity contribution in [1.82, 2.24) is 5.32 Å². The van der Waals surface area contributed by atoms with Crippen LogP contribution in [0.5, 0.6) is 11.5 Å². The minimum atomic E-state index is -0.755. The van der Waals surface area contributed by atoms with Crippen LogP contribution in [0.15, 0.2) is 24.3 Å². The molecule has 2 N–H and O–H groups in total. The smallest absolute Gasteiger partial charge is 0.223 e. The molecule has 6 heteroatoms. The number of ether oxygens (including phenoxy) is 3. The van der Waals surface area contributed by atoms with Crippen molar-refractivity contribution in [3.8, 4) is 11.5 Å². The molecule has 0 spiro atoms. The molecule has 122 valence electrons. The van der Waals surface area contributed by atoms with Gasteiger partial charge in [-0.3, -0.25) is 4.79 Å². The van der Waals surface area contributed by atoms with E-state index in [1.54, 1.807) is 19.2 Å². The molecule has 0 radical (unpaired) electrons. The van der Waals surface area contributed by atoms with Gasteiger partial charge in [0.2, 0.25) is 5.91 Å². The zero-order valence-corrected chi connectivity index (χ0v) is 12.8. The lowest BCUT2D eigenvalue weighted by Crippen LogP contribution is -2.40. The zero-order chi connectivity index (χ0) is 15.8. The molecule has 1 aliphatic rings. The Morgan fingerprint density at radius 3 is 2.86 bits per heavy atom. The van der Waals surface area contributed by atoms with Crippen LogP contribution in [0.1, 0.15) is 12.8 Å². The number of aliphatic hydroxyl groups excluding tert-OH is 1. The number of aliphatic hydroxyl groups is 1. The van der Waals surface area contributed by atoms with Crippen LogP contribution in [0.4, 0.5) is 0 Å². The van der Waals surface area contributed by atoms with E-state index in [2.05, 4.69) is 5.32 Å². The molecule has 1 heterocycles. The van der Waals surface area contributed by atoms with Gasteiger partial charge in [0.05, 0.1) is 7.11 Å². The van der Waals surface area contributed by atoms with Crippen LogP contribution < -0.4 is 14.8 Å². The van der Waals surface area contributed by atoms with Crippen LogP contribution >= 0.6 is 0 Å². The molecule has 6 nitrogen and oxygen atoms in total. The lowest BCUT2D eigenvalue weighted by Gasteiger charge is -2.22. The van der Waals surface area contributed by atoms with Crippen molar-refractivity contribution < 1.29 is 24.1 Å². The second-order valence-electron chi connectivity index (χ2n) is 5.28. The highest BCUT2D eigenvalue weighted by atomic mass is 16.5. The second kappa shape index (κ2) is 8.60. The average Bonchev–Trinajstić information content (AvgIpc) is 2.58. The van der Waals surface area contributed by atoms with E-state index in [4.69, 9.17) is 14.2 Å². The molecule has 1 unspecified atom stereocenters. The molecule has 0 aliphatic carbocycles. The van der Waals surface area contributed by atoms with Gasteiger partial charge in [-0.05, 0) is 25.0 Å². The minimum absolute atomic E-state index is 0.0137. The highest BCUT2D eigenvalue weighted by Crippen LogP contribution is 2.19. The first-order valence-electron chi connectivity index (χ1n) is 7.49. The SMILES string of the molecule is COc1cccc(OCC(O)CNC(=O)C2CCOCC2)c1. The molecule has 1 amide bonds. The van der Waals surface area contributed by atoms with Crippen molar-refractivity contribution in [3.63, 3.8) is 0 Å². The van der Waals surface area contributed by atoms with E-state index in [0.717, 1.165) is 12.8 Å². The predicted molar refractivity (Wildman–Crippen MR) is 81.0 cm³/mol. The summed E-state index contributed by atoms with van der Waals surface area (Å²) in [5.74, 6) is 1.28. The quantitative estimate of drug-likeness (QED) is 0.785. The van der Waals surface area contributed by atoms with Crippen LogP contribution in [-0.2, 0) is 9.53 Å². The van der Waals surface area contributed by atoms with Crippen LogP contribution in [0.2, 0.25) is 0 Å². The fourth-order valence-electron chi connectivity index (χ4n) is 2.26. The van der Waals surface area contributed by atoms with E-state index < -0.39 is 6.10 Å². The number of amides is 1. The zero-order valence-electron chi connectivity index (χ0n) is 12.8. The van der Waals surface area contributed by atoms with Crippen LogP contribution in [0, 0.1) is 5.92 Å². The fraction of sp³-hybridized carbons (Fsp3) is 0.562. The molecule has 0 aromatic heterocycles. The van der Waals surface area contributed by atoms with Gasteiger partial charge >= 0.3 is 0 Å². The van der Waals surface area contributed by atoms with Gasteiger partial charge in [-0.15, -0.1) is 0 Å². The molecule has 1 saturated heterocycles. The standard InChI is InChI=1S/C16H23NO5/c1-20-14-3-2-4-15(9-14)22-11-13(18)10-17-16(19)12-5-7-21-8-6-12/h2-4,9,12-13,18H,5-8,10-11H2,1H3,(H,17,19). The Balaban J connectivity index is 1.68. The number of methoxy groups -OCH3 is 1. The summed E-state index contributed by atoms with van der Waals surface area (Å²) < 4.78 is 15.8. The van der Waals surface area contributed by atoms with Crippen molar-refractivity contribution in [2.45, 2.75) is 18.9 Å². The van der Waals surface area contributed by atoms with Gasteiger partial charge in [-0.2, -0.15) is 0 Å². The lowest BCUT2D eigenvalue weighted by atomic mass is 9.99. The molecule has 1 aliphatic heterocycles. The minimum Gasteiger partial charge on any atom is -0.497 e. The van der Waals surface area contributed by atoms with Crippen LogP contribution in [0.3, 0.4) is 0 Å². The summed E-state index contributed by atoms with van der Waals surface area (Å²) in [4.78, 5) is 11.9. The maximum absolute atomic E-state index is 11.9. The molecule has 1 atom stereocenters. The molecular weight excluding hydrogens is 286 g/mol. The van der Waals surface area contributed by atoms with Crippen molar-refractivity contribution in [1.29, 1.82) is 0 Å². The van der Waals surface area contributed by atoms with Gasteiger partial charge in [0.15, 0.2) is 0 Å². The molecule has 22 heavy (non-hydrogen) atoms. The maximum atomic E-state index is 11.9. The molecule has 1 fully saturated rings. The number of rotatable bonds is 7. The molecule has 0 saturated carbocycles. The van der Waals surface area contributed by atoms with Crippen LogP contribution in [0.25, 0.3) is 0 Å². The maximum Gasteiger partial charge on any atom is 0.223 e. The van der Waals surface area contributed by atoms with E-state index in [0.29, 0.717) is 24.7 Å². The van der Waals surface area contributed by atoms with Crippen LogP contribution in [-0.4, -0.2) is 50.6 Å². The molecule has 1 aromatic rings. The highest BCUT2D eigenvalue weighted by Gasteiger charge is 2.21. The fourth-order valence-corrected chi connectivity index (χ4v) is 2.26. The summed E-state index contributed by atoms with van der Waals surface area (Å²) in [5.41, 5.74) is 0. The van der Waals surface area contributed by atoms with Crippen molar-refractivity contribution in [3.05, 3.63) is 24.3 Å². The average molecular weight is 309 g/mol. The summed E-state index contributed by atoms with van der Waals surface area (Å²) in [7, 11) is 1.58. The number of carbonyl (C=O) groups is 1. The van der Waals surface area contributed by atoms with E-state index in [1.807, 2.05) is 12.1 Å². The first-order chi connectivity index (χ1) is 10.7. The first-order valence-corrected chi connectivity index (χ1v) is 7.49. The summed E-state index contributed by atoms with van der Waals surface area (Å²) in [6.07, 6.45) is 0.722. The van der Waals surface area contributed by atoms with Crippen molar-refractivity contribution in [2.75, 3.05) is 33.5 Å². The van der Waals surface area contributed by atoms with Gasteiger partial charge in [-0.1, -0.05) is 6.07 Å². The van der Waals surface area contributed by atoms with Crippen molar-refractivity contribution >= 4 is 5.91 Å². The first kappa shape index (κ1) is 16.6. The largest absolute Gasteiger partial charge is 0.497 e. The van der Waals surface area contributed by atoms with E-state index in [9.17, 15) is 9.90 Å². The topological polar surface area (TPSA) is 77.0 Å². The Kier molecular flexibility index (Phi) is 6.48. The van der Waals surface area contributed by atoms with Gasteiger partial charge < -0.3 is 24.6 Å². The van der Waals surface area contributed by atoms with Gasteiger partial charge in [0.25, 0.3) is 0 Å². The Morgan fingerprint density at radius 1 is 1.41 bits per heavy atom. The third-order valence-electron chi connectivity index (χ3n) is 3.59. The predicted octanol–water partition coefficient (Wildman–Crippen LogP) is 0.978. The Hall–Kier alpha value is -1.79. The summed E-state index contributed by atoms with van der Waals surface area (Å²) >= 11 is 0. The number of benzene rings is 1. The normalized spacial score (nSPS) is 16.8. The van der Waals surface area contributed by atoms with E-state index in [-0.39, 0.29) is 25.0 Å². The number of nitrogens with one attached hydrogen (secondary N) is 1. The molecule has 1 aromatic carbocycles. The number of carbonyl (C=O) groups excluding carboxylic acids is 1. The Labute approximate surface area is 130 Å². The summed E-state index contributed by atoms with van der Waals surface area (Å²) in [6.45, 7) is 1.54. The monoisotopic (exact) mass is 309 g/mol. The number of hydrogen-bond donors (Lipinski definition) is 2. The second-order valence-corrected chi connectivity index (χ2v) is 5.28. The summed E-state index contributed by atoms with van der Waals surface area (Å²) in [6, 6.07) is 7.16. The molecule has 2 rings (SSSR count). The Bertz CT molecular complexity index is 473. The van der Waals surface area contributed by atoms with Gasteiger partial charge in [0.1, 0.15) is 24.2 Å². The lowest BCUT2D eigenvalue weighted by molar-refractivity contribution is -0.128. The highest BCUT2D eigenvalue weighted by molar-refractivity contribution is 5.78. The van der Waals surface area contributed by atoms with E-state index in [1.165, 1.54) is 0 Å². The molecule has 0 bridgehead atoms. The summed E-state index contributed by atoms with van der Waals surface area (Å²) in [5, 5.41) is 12.7. The van der Waals surface area contributed by atoms with Gasteiger partial charge in [0, 0.05) is 31.7 Å². The van der Waals surface area contributed by atoms with E-state index >= 15 is 0 Å². The molecular formula is C16H23NO5. The van der Waals surface area contributed by atoms with Crippen molar-refractivity contribution in [2.24, 2.45) is 5.92 Å². The third kappa shape index (κ3) is 5.20. The third-order valence-corrected chi connectivity index (χ3v) is 3.59.